The lowest BCUT2D eigenvalue weighted by molar-refractivity contribution is 0.264. The molecule has 0 spiro atoms. The highest BCUT2D eigenvalue weighted by Crippen LogP contribution is 2.27. The number of sulfone groups is 1. The maximum absolute atomic E-state index is 12.5. The Balaban J connectivity index is 2.77. The Hall–Kier alpha value is -0.190. The zero-order chi connectivity index (χ0) is 7.78. The summed E-state index contributed by atoms with van der Waals surface area (Å²) in [5, 5.41) is 0. The third-order valence-corrected chi connectivity index (χ3v) is 3.56. The van der Waals surface area contributed by atoms with Gasteiger partial charge < -0.3 is 0 Å². The highest BCUT2D eigenvalue weighted by Gasteiger charge is 2.40. The number of alkyl halides is 2. The maximum Gasteiger partial charge on any atom is 0.206 e. The van der Waals surface area contributed by atoms with E-state index < -0.39 is 27.9 Å². The second-order valence-corrected chi connectivity index (χ2v) is 4.61. The van der Waals surface area contributed by atoms with Gasteiger partial charge in [-0.05, 0) is 6.42 Å². The zero-order valence-corrected chi connectivity index (χ0v) is 6.07. The molecule has 2 atom stereocenters. The standard InChI is InChI=1S/C5H8F2O2S/c6-3-4-1-2-10(8,9)5(4)7/h4-5H,1-3H2. The van der Waals surface area contributed by atoms with E-state index in [0.29, 0.717) is 0 Å². The van der Waals surface area contributed by atoms with Crippen molar-refractivity contribution in [3.63, 3.8) is 0 Å². The minimum absolute atomic E-state index is 0.125. The average Bonchev–Trinajstić information content (AvgIpc) is 2.10. The first-order valence-electron chi connectivity index (χ1n) is 2.99. The van der Waals surface area contributed by atoms with E-state index in [1.54, 1.807) is 0 Å². The second kappa shape index (κ2) is 2.45. The van der Waals surface area contributed by atoms with Crippen LogP contribution in [0.3, 0.4) is 0 Å². The van der Waals surface area contributed by atoms with Crippen molar-refractivity contribution >= 4 is 9.84 Å². The van der Waals surface area contributed by atoms with Crippen LogP contribution in [0.25, 0.3) is 0 Å². The van der Waals surface area contributed by atoms with Gasteiger partial charge in [-0.2, -0.15) is 0 Å². The molecule has 0 amide bonds. The minimum atomic E-state index is -3.59. The summed E-state index contributed by atoms with van der Waals surface area (Å²) in [5.41, 5.74) is -1.96. The summed E-state index contributed by atoms with van der Waals surface area (Å²) < 4.78 is 45.5. The fraction of sp³-hybridized carbons (Fsp3) is 1.00. The van der Waals surface area contributed by atoms with Gasteiger partial charge in [0.25, 0.3) is 0 Å². The van der Waals surface area contributed by atoms with Gasteiger partial charge >= 0.3 is 0 Å². The van der Waals surface area contributed by atoms with Crippen molar-refractivity contribution in [3.8, 4) is 0 Å². The van der Waals surface area contributed by atoms with Crippen LogP contribution in [0.2, 0.25) is 0 Å². The van der Waals surface area contributed by atoms with E-state index in [1.165, 1.54) is 0 Å². The lowest BCUT2D eigenvalue weighted by Gasteiger charge is -2.03. The van der Waals surface area contributed by atoms with E-state index in [2.05, 4.69) is 0 Å². The Morgan fingerprint density at radius 2 is 2.10 bits per heavy atom. The number of hydrogen-bond acceptors (Lipinski definition) is 2. The Morgan fingerprint density at radius 1 is 1.50 bits per heavy atom. The molecule has 1 rings (SSSR count). The summed E-state index contributed by atoms with van der Waals surface area (Å²) in [6.07, 6.45) is 0.125. The fourth-order valence-electron chi connectivity index (χ4n) is 1.000. The Morgan fingerprint density at radius 3 is 2.30 bits per heavy atom. The van der Waals surface area contributed by atoms with E-state index in [9.17, 15) is 17.2 Å². The summed E-state index contributed by atoms with van der Waals surface area (Å²) >= 11 is 0. The lowest BCUT2D eigenvalue weighted by Crippen LogP contribution is -2.17. The van der Waals surface area contributed by atoms with Gasteiger partial charge in [0.1, 0.15) is 0 Å². The molecule has 0 saturated carbocycles. The van der Waals surface area contributed by atoms with Crippen LogP contribution in [-0.2, 0) is 9.84 Å². The summed E-state index contributed by atoms with van der Waals surface area (Å²) in [7, 11) is -3.59. The average molecular weight is 170 g/mol. The molecular formula is C5H8F2O2S. The second-order valence-electron chi connectivity index (χ2n) is 2.42. The van der Waals surface area contributed by atoms with Crippen molar-refractivity contribution in [2.45, 2.75) is 11.9 Å². The van der Waals surface area contributed by atoms with Gasteiger partial charge in [-0.25, -0.2) is 12.8 Å². The lowest BCUT2D eigenvalue weighted by atomic mass is 10.1. The van der Waals surface area contributed by atoms with Crippen LogP contribution in [0.1, 0.15) is 6.42 Å². The zero-order valence-electron chi connectivity index (χ0n) is 5.26. The molecule has 0 radical (unpaired) electrons. The largest absolute Gasteiger partial charge is 0.251 e. The van der Waals surface area contributed by atoms with Crippen molar-refractivity contribution in [2.24, 2.45) is 5.92 Å². The van der Waals surface area contributed by atoms with Crippen LogP contribution < -0.4 is 0 Å². The van der Waals surface area contributed by atoms with Crippen LogP contribution in [0, 0.1) is 5.92 Å². The van der Waals surface area contributed by atoms with Crippen molar-refractivity contribution in [1.82, 2.24) is 0 Å². The normalized spacial score (nSPS) is 38.2. The molecule has 0 bridgehead atoms. The highest BCUT2D eigenvalue weighted by molar-refractivity contribution is 7.92. The monoisotopic (exact) mass is 170 g/mol. The van der Waals surface area contributed by atoms with Gasteiger partial charge in [0.05, 0.1) is 12.4 Å². The molecule has 1 aliphatic rings. The molecule has 1 fully saturated rings. The Bertz CT molecular complexity index is 212. The summed E-state index contributed by atoms with van der Waals surface area (Å²) in [4.78, 5) is 0. The SMILES string of the molecule is O=S1(=O)CCC(CF)C1F. The topological polar surface area (TPSA) is 34.1 Å². The van der Waals surface area contributed by atoms with E-state index in [0.717, 1.165) is 0 Å². The predicted molar refractivity (Wildman–Crippen MR) is 32.8 cm³/mol. The van der Waals surface area contributed by atoms with Crippen molar-refractivity contribution in [3.05, 3.63) is 0 Å². The fourth-order valence-corrected chi connectivity index (χ4v) is 2.65. The molecule has 10 heavy (non-hydrogen) atoms. The van der Waals surface area contributed by atoms with E-state index in [4.69, 9.17) is 0 Å². The first-order valence-corrected chi connectivity index (χ1v) is 4.71. The first kappa shape index (κ1) is 7.91. The molecule has 0 aromatic carbocycles. The summed E-state index contributed by atoms with van der Waals surface area (Å²) in [5.74, 6) is -1.12. The molecule has 0 aromatic heterocycles. The predicted octanol–water partition coefficient (Wildman–Crippen LogP) is 0.686. The number of hydrogen-bond donors (Lipinski definition) is 0. The molecule has 60 valence electrons. The van der Waals surface area contributed by atoms with E-state index >= 15 is 0 Å². The Kier molecular flexibility index (Phi) is 1.94. The van der Waals surface area contributed by atoms with Gasteiger partial charge in [0, 0.05) is 5.92 Å². The molecule has 1 saturated heterocycles. The van der Waals surface area contributed by atoms with Crippen molar-refractivity contribution in [2.75, 3.05) is 12.4 Å². The Labute approximate surface area is 58.1 Å². The highest BCUT2D eigenvalue weighted by atomic mass is 32.2. The van der Waals surface area contributed by atoms with Gasteiger partial charge in [-0.15, -0.1) is 0 Å². The maximum atomic E-state index is 12.5. The third-order valence-electron chi connectivity index (χ3n) is 1.69. The minimum Gasteiger partial charge on any atom is -0.251 e. The molecule has 0 aromatic rings. The smallest absolute Gasteiger partial charge is 0.206 e. The van der Waals surface area contributed by atoms with Gasteiger partial charge in [0.15, 0.2) is 9.84 Å². The van der Waals surface area contributed by atoms with Crippen molar-refractivity contribution in [1.29, 1.82) is 0 Å². The molecule has 1 heterocycles. The molecule has 0 N–H and O–H groups in total. The summed E-state index contributed by atoms with van der Waals surface area (Å²) in [6.45, 7) is -0.875. The molecule has 2 unspecified atom stereocenters. The van der Waals surface area contributed by atoms with Crippen LogP contribution in [-0.4, -0.2) is 26.3 Å². The van der Waals surface area contributed by atoms with Gasteiger partial charge in [-0.3, -0.25) is 4.39 Å². The first-order chi connectivity index (χ1) is 4.58. The van der Waals surface area contributed by atoms with E-state index in [-0.39, 0.29) is 12.2 Å². The third kappa shape index (κ3) is 1.14. The quantitative estimate of drug-likeness (QED) is 0.580. The molecule has 2 nitrogen and oxygen atoms in total. The molecular weight excluding hydrogens is 162 g/mol. The molecule has 1 aliphatic heterocycles. The van der Waals surface area contributed by atoms with Crippen molar-refractivity contribution < 1.29 is 17.2 Å². The summed E-state index contributed by atoms with van der Waals surface area (Å²) in [6, 6.07) is 0. The number of halogens is 2. The number of rotatable bonds is 1. The van der Waals surface area contributed by atoms with Crippen LogP contribution in [0.5, 0.6) is 0 Å². The van der Waals surface area contributed by atoms with Crippen LogP contribution in [0.4, 0.5) is 8.78 Å². The van der Waals surface area contributed by atoms with Gasteiger partial charge in [0.2, 0.25) is 5.50 Å². The van der Waals surface area contributed by atoms with E-state index in [1.807, 2.05) is 0 Å². The van der Waals surface area contributed by atoms with Gasteiger partial charge in [-0.1, -0.05) is 0 Å². The van der Waals surface area contributed by atoms with Crippen LogP contribution in [0.15, 0.2) is 0 Å². The molecule has 5 heteroatoms. The molecule has 0 aliphatic carbocycles. The van der Waals surface area contributed by atoms with Crippen LogP contribution >= 0.6 is 0 Å².